The van der Waals surface area contributed by atoms with Crippen LogP contribution in [-0.2, 0) is 9.53 Å². The molecule has 7 heteroatoms. The van der Waals surface area contributed by atoms with E-state index < -0.39 is 35.9 Å². The monoisotopic (exact) mass is 472 g/mol. The Labute approximate surface area is 201 Å². The number of hydrogen-bond acceptors (Lipinski definition) is 7. The summed E-state index contributed by atoms with van der Waals surface area (Å²) in [5.74, 6) is -2.63. The van der Waals surface area contributed by atoms with Crippen molar-refractivity contribution >= 4 is 11.8 Å². The Morgan fingerprint density at radius 1 is 0.914 bits per heavy atom. The fourth-order valence-corrected chi connectivity index (χ4v) is 4.79. The van der Waals surface area contributed by atoms with E-state index in [4.69, 9.17) is 9.47 Å². The molecular weight excluding hydrogens is 448 g/mol. The zero-order chi connectivity index (χ0) is 24.5. The lowest BCUT2D eigenvalue weighted by Gasteiger charge is -2.33. The van der Waals surface area contributed by atoms with E-state index >= 15 is 0 Å². The summed E-state index contributed by atoms with van der Waals surface area (Å²) in [6.07, 6.45) is 0.412. The lowest BCUT2D eigenvalue weighted by molar-refractivity contribution is -0.150. The Bertz CT molecular complexity index is 1280. The van der Waals surface area contributed by atoms with Gasteiger partial charge in [-0.2, -0.15) is 0 Å². The number of esters is 1. The zero-order valence-corrected chi connectivity index (χ0v) is 18.7. The Morgan fingerprint density at radius 2 is 1.60 bits per heavy atom. The maximum Gasteiger partial charge on any atom is 0.330 e. The van der Waals surface area contributed by atoms with Crippen LogP contribution in [0.15, 0.2) is 78.9 Å². The number of phenols is 2. The molecule has 3 aromatic rings. The minimum absolute atomic E-state index is 0.0123. The van der Waals surface area contributed by atoms with Crippen LogP contribution in [0.1, 0.15) is 51.9 Å². The summed E-state index contributed by atoms with van der Waals surface area (Å²) in [4.78, 5) is 25.0. The third-order valence-electron chi connectivity index (χ3n) is 6.45. The van der Waals surface area contributed by atoms with Gasteiger partial charge in [-0.3, -0.25) is 4.79 Å². The highest BCUT2D eigenvalue weighted by molar-refractivity contribution is 6.03. The van der Waals surface area contributed by atoms with Crippen molar-refractivity contribution in [1.29, 1.82) is 0 Å². The first kappa shape index (κ1) is 22.7. The zero-order valence-electron chi connectivity index (χ0n) is 18.7. The predicted octanol–water partition coefficient (Wildman–Crippen LogP) is 4.17. The Kier molecular flexibility index (Phi) is 6.01. The van der Waals surface area contributed by atoms with E-state index in [9.17, 15) is 24.9 Å². The van der Waals surface area contributed by atoms with E-state index in [-0.39, 0.29) is 41.3 Å². The minimum Gasteiger partial charge on any atom is -0.507 e. The topological polar surface area (TPSA) is 113 Å². The molecule has 5 rings (SSSR count). The lowest BCUT2D eigenvalue weighted by atomic mass is 9.80. The van der Waals surface area contributed by atoms with E-state index in [1.165, 1.54) is 12.1 Å². The van der Waals surface area contributed by atoms with Crippen molar-refractivity contribution in [2.75, 3.05) is 0 Å². The standard InChI is InChI=1S/C28H24O7/c29-18-14-21(16-8-3-1-4-9-16)34-22-15-19(30)26(28(33)25(18)22)24(17-10-5-2-6-11-17)27(32)20-12-7-13-23(31)35-20/h1-11,13,15,20-21,24,27,30,32-33H,12,14H2/t20?,21-,24-,27-/m1/s1. The summed E-state index contributed by atoms with van der Waals surface area (Å²) < 4.78 is 11.3. The maximum atomic E-state index is 13.2. The van der Waals surface area contributed by atoms with Crippen LogP contribution in [-0.4, -0.2) is 39.3 Å². The summed E-state index contributed by atoms with van der Waals surface area (Å²) in [5, 5.41) is 33.6. The van der Waals surface area contributed by atoms with E-state index in [0.717, 1.165) is 5.56 Å². The normalized spacial score (nSPS) is 20.9. The number of aliphatic hydroxyl groups is 1. The number of cyclic esters (lactones) is 1. The number of ketones is 1. The molecule has 3 N–H and O–H groups in total. The number of benzene rings is 3. The van der Waals surface area contributed by atoms with Gasteiger partial charge in [-0.15, -0.1) is 0 Å². The van der Waals surface area contributed by atoms with E-state index in [1.54, 1.807) is 36.4 Å². The fourth-order valence-electron chi connectivity index (χ4n) is 4.79. The molecule has 2 heterocycles. The Balaban J connectivity index is 1.59. The molecule has 0 bridgehead atoms. The molecule has 0 saturated carbocycles. The van der Waals surface area contributed by atoms with Crippen LogP contribution in [0.2, 0.25) is 0 Å². The van der Waals surface area contributed by atoms with Gasteiger partial charge in [-0.05, 0) is 11.1 Å². The summed E-state index contributed by atoms with van der Waals surface area (Å²) >= 11 is 0. The second-order valence-corrected chi connectivity index (χ2v) is 8.67. The number of rotatable bonds is 5. The van der Waals surface area contributed by atoms with Gasteiger partial charge in [0, 0.05) is 30.0 Å². The highest BCUT2D eigenvalue weighted by atomic mass is 16.6. The Hall–Kier alpha value is -4.10. The van der Waals surface area contributed by atoms with E-state index in [1.807, 2.05) is 30.3 Å². The second kappa shape index (κ2) is 9.27. The predicted molar refractivity (Wildman–Crippen MR) is 126 cm³/mol. The average Bonchev–Trinajstić information content (AvgIpc) is 2.86. The maximum absolute atomic E-state index is 13.2. The number of aromatic hydroxyl groups is 2. The summed E-state index contributed by atoms with van der Waals surface area (Å²) in [7, 11) is 0. The van der Waals surface area contributed by atoms with Gasteiger partial charge in [0.2, 0.25) is 0 Å². The molecule has 0 fully saturated rings. The second-order valence-electron chi connectivity index (χ2n) is 8.67. The molecule has 7 nitrogen and oxygen atoms in total. The van der Waals surface area contributed by atoms with E-state index in [0.29, 0.717) is 5.56 Å². The van der Waals surface area contributed by atoms with Crippen LogP contribution in [0.3, 0.4) is 0 Å². The Morgan fingerprint density at radius 3 is 2.29 bits per heavy atom. The van der Waals surface area contributed by atoms with Gasteiger partial charge in [0.05, 0.1) is 6.42 Å². The van der Waals surface area contributed by atoms with Gasteiger partial charge in [0.25, 0.3) is 0 Å². The third-order valence-corrected chi connectivity index (χ3v) is 6.45. The number of carbonyl (C=O) groups excluding carboxylic acids is 2. The number of ether oxygens (including phenoxy) is 2. The largest absolute Gasteiger partial charge is 0.507 e. The molecule has 1 unspecified atom stereocenters. The molecule has 35 heavy (non-hydrogen) atoms. The summed E-state index contributed by atoms with van der Waals surface area (Å²) in [6, 6.07) is 19.3. The highest BCUT2D eigenvalue weighted by Gasteiger charge is 2.40. The third kappa shape index (κ3) is 4.26. The van der Waals surface area contributed by atoms with Crippen molar-refractivity contribution < 1.29 is 34.4 Å². The number of hydrogen-bond donors (Lipinski definition) is 3. The molecule has 0 spiro atoms. The molecule has 178 valence electrons. The molecule has 0 saturated heterocycles. The molecule has 0 amide bonds. The van der Waals surface area contributed by atoms with Gasteiger partial charge in [0.15, 0.2) is 5.78 Å². The number of fused-ring (bicyclic) bond motifs is 1. The van der Waals surface area contributed by atoms with E-state index in [2.05, 4.69) is 0 Å². The van der Waals surface area contributed by atoms with Crippen LogP contribution in [0.5, 0.6) is 17.2 Å². The smallest absolute Gasteiger partial charge is 0.330 e. The molecule has 0 radical (unpaired) electrons. The molecule has 2 aliphatic rings. The van der Waals surface area contributed by atoms with Crippen LogP contribution >= 0.6 is 0 Å². The van der Waals surface area contributed by atoms with Gasteiger partial charge in [-0.25, -0.2) is 4.79 Å². The van der Waals surface area contributed by atoms with Crippen LogP contribution in [0.4, 0.5) is 0 Å². The van der Waals surface area contributed by atoms with Crippen molar-refractivity contribution in [2.24, 2.45) is 0 Å². The number of aliphatic hydroxyl groups excluding tert-OH is 1. The SMILES string of the molecule is O=C1C=CCC([C@@H](O)[C@H](c2ccccc2)c2c(O)cc3c(c2O)C(=O)C[C@H](c2ccccc2)O3)O1. The van der Waals surface area contributed by atoms with Crippen molar-refractivity contribution in [3.63, 3.8) is 0 Å². The number of Topliss-reactive ketones (excluding diaryl/α,β-unsaturated/α-hetero) is 1. The van der Waals surface area contributed by atoms with Crippen molar-refractivity contribution in [1.82, 2.24) is 0 Å². The quantitative estimate of drug-likeness (QED) is 0.478. The fraction of sp³-hybridized carbons (Fsp3) is 0.214. The summed E-state index contributed by atoms with van der Waals surface area (Å²) in [5.41, 5.74) is 1.31. The van der Waals surface area contributed by atoms with Gasteiger partial charge in [0.1, 0.15) is 41.1 Å². The molecule has 3 aromatic carbocycles. The number of carbonyl (C=O) groups is 2. The first-order valence-electron chi connectivity index (χ1n) is 11.4. The van der Waals surface area contributed by atoms with Crippen molar-refractivity contribution in [2.45, 2.75) is 37.1 Å². The van der Waals surface area contributed by atoms with Crippen molar-refractivity contribution in [3.8, 4) is 17.2 Å². The van der Waals surface area contributed by atoms with Gasteiger partial charge >= 0.3 is 5.97 Å². The first-order chi connectivity index (χ1) is 16.9. The average molecular weight is 472 g/mol. The van der Waals surface area contributed by atoms with Gasteiger partial charge < -0.3 is 24.8 Å². The van der Waals surface area contributed by atoms with Crippen LogP contribution < -0.4 is 4.74 Å². The summed E-state index contributed by atoms with van der Waals surface area (Å²) in [6.45, 7) is 0. The molecule has 4 atom stereocenters. The number of phenolic OH excluding ortho intramolecular Hbond substituents is 2. The lowest BCUT2D eigenvalue weighted by Crippen LogP contribution is -2.37. The highest BCUT2D eigenvalue weighted by Crippen LogP contribution is 2.49. The molecule has 2 aliphatic heterocycles. The van der Waals surface area contributed by atoms with Crippen LogP contribution in [0.25, 0.3) is 0 Å². The first-order valence-corrected chi connectivity index (χ1v) is 11.4. The van der Waals surface area contributed by atoms with Crippen molar-refractivity contribution in [3.05, 3.63) is 101 Å². The van der Waals surface area contributed by atoms with Gasteiger partial charge in [-0.1, -0.05) is 66.7 Å². The molecular formula is C28H24O7. The van der Waals surface area contributed by atoms with Crippen LogP contribution in [0, 0.1) is 0 Å². The molecule has 0 aromatic heterocycles. The molecule has 0 aliphatic carbocycles. The minimum atomic E-state index is -1.31.